The van der Waals surface area contributed by atoms with Crippen molar-refractivity contribution < 1.29 is 9.53 Å². The topological polar surface area (TPSA) is 41.6 Å². The van der Waals surface area contributed by atoms with Gasteiger partial charge in [-0.25, -0.2) is 0 Å². The van der Waals surface area contributed by atoms with Gasteiger partial charge in [-0.1, -0.05) is 0 Å². The summed E-state index contributed by atoms with van der Waals surface area (Å²) in [6.07, 6.45) is 5.65. The van der Waals surface area contributed by atoms with E-state index in [1.165, 1.54) is 19.3 Å². The molecule has 4 heteroatoms. The van der Waals surface area contributed by atoms with Crippen LogP contribution < -0.4 is 5.32 Å². The summed E-state index contributed by atoms with van der Waals surface area (Å²) in [5, 5.41) is 3.13. The van der Waals surface area contributed by atoms with Gasteiger partial charge in [0.2, 0.25) is 5.91 Å². The first-order chi connectivity index (χ1) is 8.81. The van der Waals surface area contributed by atoms with Crippen molar-refractivity contribution in [1.29, 1.82) is 0 Å². The first kappa shape index (κ1) is 12.4. The van der Waals surface area contributed by atoms with Crippen molar-refractivity contribution in [3.63, 3.8) is 0 Å². The molecule has 3 fully saturated rings. The first-order valence-electron chi connectivity index (χ1n) is 7.42. The van der Waals surface area contributed by atoms with Crippen LogP contribution in [-0.2, 0) is 9.53 Å². The lowest BCUT2D eigenvalue weighted by molar-refractivity contribution is -0.126. The van der Waals surface area contributed by atoms with Crippen LogP contribution in [0.5, 0.6) is 0 Å². The average molecular weight is 252 g/mol. The van der Waals surface area contributed by atoms with E-state index < -0.39 is 0 Å². The van der Waals surface area contributed by atoms with Crippen LogP contribution in [0.2, 0.25) is 0 Å². The molecule has 102 valence electrons. The summed E-state index contributed by atoms with van der Waals surface area (Å²) in [4.78, 5) is 14.5. The fourth-order valence-corrected chi connectivity index (χ4v) is 3.02. The SMILES string of the molecule is O=C(NC1CC1)C1CCN(CC2CCOC2)CC1. The lowest BCUT2D eigenvalue weighted by Gasteiger charge is -2.32. The molecule has 0 aromatic carbocycles. The van der Waals surface area contributed by atoms with E-state index in [1.54, 1.807) is 0 Å². The summed E-state index contributed by atoms with van der Waals surface area (Å²) in [5.74, 6) is 1.30. The number of piperidine rings is 1. The van der Waals surface area contributed by atoms with Gasteiger partial charge in [-0.2, -0.15) is 0 Å². The molecule has 0 bridgehead atoms. The summed E-state index contributed by atoms with van der Waals surface area (Å²) in [6.45, 7) is 5.20. The highest BCUT2D eigenvalue weighted by Gasteiger charge is 2.30. The summed E-state index contributed by atoms with van der Waals surface area (Å²) in [6, 6.07) is 0.506. The normalized spacial score (nSPS) is 30.6. The predicted molar refractivity (Wildman–Crippen MR) is 69.3 cm³/mol. The van der Waals surface area contributed by atoms with Gasteiger partial charge in [-0.05, 0) is 51.1 Å². The van der Waals surface area contributed by atoms with Gasteiger partial charge in [-0.15, -0.1) is 0 Å². The summed E-state index contributed by atoms with van der Waals surface area (Å²) >= 11 is 0. The number of rotatable bonds is 4. The van der Waals surface area contributed by atoms with Crippen LogP contribution >= 0.6 is 0 Å². The number of amides is 1. The molecule has 1 aliphatic carbocycles. The Labute approximate surface area is 109 Å². The lowest BCUT2D eigenvalue weighted by atomic mass is 9.95. The minimum Gasteiger partial charge on any atom is -0.381 e. The summed E-state index contributed by atoms with van der Waals surface area (Å²) in [5.41, 5.74) is 0. The van der Waals surface area contributed by atoms with Crippen LogP contribution in [0.4, 0.5) is 0 Å². The second-order valence-electron chi connectivity index (χ2n) is 6.09. The van der Waals surface area contributed by atoms with E-state index in [4.69, 9.17) is 4.74 Å². The molecule has 1 amide bonds. The molecule has 0 aromatic rings. The molecule has 2 saturated heterocycles. The van der Waals surface area contributed by atoms with Crippen molar-refractivity contribution in [1.82, 2.24) is 10.2 Å². The van der Waals surface area contributed by atoms with Gasteiger partial charge < -0.3 is 15.0 Å². The molecule has 1 N–H and O–H groups in total. The van der Waals surface area contributed by atoms with Crippen LogP contribution in [0, 0.1) is 11.8 Å². The number of nitrogens with one attached hydrogen (secondary N) is 1. The van der Waals surface area contributed by atoms with E-state index in [2.05, 4.69) is 10.2 Å². The molecule has 3 rings (SSSR count). The lowest BCUT2D eigenvalue weighted by Crippen LogP contribution is -2.42. The van der Waals surface area contributed by atoms with Gasteiger partial charge in [-0.3, -0.25) is 4.79 Å². The molecule has 2 heterocycles. The maximum Gasteiger partial charge on any atom is 0.223 e. The highest BCUT2D eigenvalue weighted by Crippen LogP contribution is 2.23. The van der Waals surface area contributed by atoms with Crippen LogP contribution in [-0.4, -0.2) is 49.7 Å². The van der Waals surface area contributed by atoms with E-state index >= 15 is 0 Å². The molecule has 18 heavy (non-hydrogen) atoms. The van der Waals surface area contributed by atoms with E-state index in [1.807, 2.05) is 0 Å². The molecular formula is C14H24N2O2. The average Bonchev–Trinajstić information content (AvgIpc) is 3.04. The molecule has 0 aromatic heterocycles. The largest absolute Gasteiger partial charge is 0.381 e. The van der Waals surface area contributed by atoms with Crippen molar-refractivity contribution in [2.45, 2.75) is 38.1 Å². The molecule has 1 saturated carbocycles. The Bertz CT molecular complexity index is 290. The predicted octanol–water partition coefficient (Wildman–Crippen LogP) is 1.01. The number of likely N-dealkylation sites (tertiary alicyclic amines) is 1. The van der Waals surface area contributed by atoms with E-state index in [0.717, 1.165) is 51.6 Å². The minimum absolute atomic E-state index is 0.265. The Balaban J connectivity index is 1.38. The van der Waals surface area contributed by atoms with Crippen molar-refractivity contribution in [2.75, 3.05) is 32.8 Å². The van der Waals surface area contributed by atoms with Crippen LogP contribution in [0.1, 0.15) is 32.1 Å². The second-order valence-corrected chi connectivity index (χ2v) is 6.09. The minimum atomic E-state index is 0.265. The number of ether oxygens (including phenoxy) is 1. The maximum atomic E-state index is 12.0. The molecular weight excluding hydrogens is 228 g/mol. The van der Waals surface area contributed by atoms with Gasteiger partial charge in [0, 0.05) is 25.1 Å². The number of hydrogen-bond acceptors (Lipinski definition) is 3. The molecule has 1 unspecified atom stereocenters. The fraction of sp³-hybridized carbons (Fsp3) is 0.929. The molecule has 2 aliphatic heterocycles. The van der Waals surface area contributed by atoms with Crippen LogP contribution in [0.15, 0.2) is 0 Å². The third kappa shape index (κ3) is 3.23. The van der Waals surface area contributed by atoms with Gasteiger partial charge in [0.1, 0.15) is 0 Å². The highest BCUT2D eigenvalue weighted by molar-refractivity contribution is 5.79. The molecule has 0 radical (unpaired) electrons. The Hall–Kier alpha value is -0.610. The number of carbonyl (C=O) groups is 1. The van der Waals surface area contributed by atoms with E-state index in [0.29, 0.717) is 11.9 Å². The zero-order valence-electron chi connectivity index (χ0n) is 11.1. The third-order valence-electron chi connectivity index (χ3n) is 4.42. The van der Waals surface area contributed by atoms with E-state index in [-0.39, 0.29) is 5.92 Å². The number of nitrogens with zero attached hydrogens (tertiary/aromatic N) is 1. The highest BCUT2D eigenvalue weighted by atomic mass is 16.5. The van der Waals surface area contributed by atoms with Crippen LogP contribution in [0.3, 0.4) is 0 Å². The standard InChI is InChI=1S/C14H24N2O2/c17-14(15-13-1-2-13)12-3-6-16(7-4-12)9-11-5-8-18-10-11/h11-13H,1-10H2,(H,15,17). The zero-order valence-corrected chi connectivity index (χ0v) is 11.1. The zero-order chi connectivity index (χ0) is 12.4. The Kier molecular flexibility index (Phi) is 3.85. The monoisotopic (exact) mass is 252 g/mol. The Morgan fingerprint density at radius 1 is 1.17 bits per heavy atom. The van der Waals surface area contributed by atoms with Crippen molar-refractivity contribution in [3.05, 3.63) is 0 Å². The molecule has 0 spiro atoms. The van der Waals surface area contributed by atoms with Gasteiger partial charge in [0.25, 0.3) is 0 Å². The number of hydrogen-bond donors (Lipinski definition) is 1. The maximum absolute atomic E-state index is 12.0. The molecule has 1 atom stereocenters. The Morgan fingerprint density at radius 3 is 2.56 bits per heavy atom. The third-order valence-corrected chi connectivity index (χ3v) is 4.42. The van der Waals surface area contributed by atoms with Gasteiger partial charge in [0.05, 0.1) is 6.61 Å². The smallest absolute Gasteiger partial charge is 0.223 e. The molecule has 4 nitrogen and oxygen atoms in total. The fourth-order valence-electron chi connectivity index (χ4n) is 3.02. The van der Waals surface area contributed by atoms with Crippen molar-refractivity contribution in [3.8, 4) is 0 Å². The first-order valence-corrected chi connectivity index (χ1v) is 7.42. The van der Waals surface area contributed by atoms with Crippen molar-refractivity contribution in [2.24, 2.45) is 11.8 Å². The number of carbonyl (C=O) groups excluding carboxylic acids is 1. The summed E-state index contributed by atoms with van der Waals surface area (Å²) < 4.78 is 5.42. The van der Waals surface area contributed by atoms with Crippen LogP contribution in [0.25, 0.3) is 0 Å². The molecule has 3 aliphatic rings. The second kappa shape index (κ2) is 5.57. The van der Waals surface area contributed by atoms with E-state index in [9.17, 15) is 4.79 Å². The van der Waals surface area contributed by atoms with Crippen molar-refractivity contribution >= 4 is 5.91 Å². The Morgan fingerprint density at radius 2 is 1.94 bits per heavy atom. The van der Waals surface area contributed by atoms with Gasteiger partial charge in [0.15, 0.2) is 0 Å². The van der Waals surface area contributed by atoms with Gasteiger partial charge >= 0.3 is 0 Å². The quantitative estimate of drug-likeness (QED) is 0.812. The summed E-state index contributed by atoms with van der Waals surface area (Å²) in [7, 11) is 0.